The first kappa shape index (κ1) is 21.2. The van der Waals surface area contributed by atoms with Gasteiger partial charge in [0.15, 0.2) is 0 Å². The van der Waals surface area contributed by atoms with Gasteiger partial charge in [0.2, 0.25) is 5.09 Å². The average Bonchev–Trinajstić information content (AvgIpc) is 3.18. The van der Waals surface area contributed by atoms with Gasteiger partial charge in [-0.3, -0.25) is 0 Å². The Morgan fingerprint density at radius 3 is 2.74 bits per heavy atom. The molecule has 1 atom stereocenters. The van der Waals surface area contributed by atoms with E-state index in [1.54, 1.807) is 13.2 Å². The Hall–Kier alpha value is -2.07. The van der Waals surface area contributed by atoms with Crippen molar-refractivity contribution in [2.75, 3.05) is 33.9 Å². The molecule has 0 bridgehead atoms. The number of benzene rings is 1. The predicted molar refractivity (Wildman–Crippen MR) is 99.8 cm³/mol. The van der Waals surface area contributed by atoms with E-state index >= 15 is 0 Å². The fraction of sp³-hybridized carbons (Fsp3) is 0.353. The number of para-hydroxylation sites is 1. The highest BCUT2D eigenvalue weighted by atomic mass is 35.5. The zero-order valence-electron chi connectivity index (χ0n) is 14.9. The topological polar surface area (TPSA) is 98.1 Å². The molecule has 1 aliphatic rings. The zero-order chi connectivity index (χ0) is 18.7. The van der Waals surface area contributed by atoms with Crippen LogP contribution in [0.3, 0.4) is 0 Å². The number of carbonyl (C=O) groups is 1. The van der Waals surface area contributed by atoms with Crippen LogP contribution >= 0.6 is 12.4 Å². The molecule has 0 saturated carbocycles. The van der Waals surface area contributed by atoms with Crippen molar-refractivity contribution in [3.63, 3.8) is 0 Å². The molecule has 2 heterocycles. The third kappa shape index (κ3) is 4.11. The van der Waals surface area contributed by atoms with Crippen LogP contribution in [0.15, 0.2) is 46.1 Å². The maximum Gasteiger partial charge on any atom is 0.341 e. The lowest BCUT2D eigenvalue weighted by molar-refractivity contribution is 0.0600. The molecular formula is C17H21ClN2O6S. The summed E-state index contributed by atoms with van der Waals surface area (Å²) in [6.07, 6.45) is 1.08. The first-order valence-corrected chi connectivity index (χ1v) is 9.45. The van der Waals surface area contributed by atoms with E-state index in [1.165, 1.54) is 17.5 Å². The Balaban J connectivity index is 0.00000261. The molecule has 27 heavy (non-hydrogen) atoms. The lowest BCUT2D eigenvalue weighted by Crippen LogP contribution is -2.48. The average molecular weight is 417 g/mol. The molecule has 3 rings (SSSR count). The Morgan fingerprint density at radius 2 is 2.04 bits per heavy atom. The summed E-state index contributed by atoms with van der Waals surface area (Å²) in [6, 6.07) is 8.00. The Bertz CT molecular complexity index is 898. The molecule has 1 N–H and O–H groups in total. The molecule has 0 radical (unpaired) electrons. The number of carbonyl (C=O) groups excluding carboxylic acids is 1. The summed E-state index contributed by atoms with van der Waals surface area (Å²) in [7, 11) is -1.18. The molecule has 0 spiro atoms. The van der Waals surface area contributed by atoms with Crippen molar-refractivity contribution in [3.8, 4) is 5.75 Å². The zero-order valence-corrected chi connectivity index (χ0v) is 16.5. The summed E-state index contributed by atoms with van der Waals surface area (Å²) in [5, 5.41) is 2.91. The predicted octanol–water partition coefficient (Wildman–Crippen LogP) is 1.83. The Labute approximate surface area is 163 Å². The Kier molecular flexibility index (Phi) is 6.88. The van der Waals surface area contributed by atoms with E-state index in [4.69, 9.17) is 9.15 Å². The monoisotopic (exact) mass is 416 g/mol. The number of ether oxygens (including phenoxy) is 2. The van der Waals surface area contributed by atoms with E-state index in [-0.39, 0.29) is 29.6 Å². The summed E-state index contributed by atoms with van der Waals surface area (Å²) in [5.74, 6) is -0.0483. The van der Waals surface area contributed by atoms with Crippen molar-refractivity contribution in [1.82, 2.24) is 9.62 Å². The van der Waals surface area contributed by atoms with Crippen LogP contribution in [0.4, 0.5) is 0 Å². The first-order chi connectivity index (χ1) is 12.5. The second-order valence-electron chi connectivity index (χ2n) is 5.72. The van der Waals surface area contributed by atoms with Gasteiger partial charge in [0.05, 0.1) is 25.8 Å². The Morgan fingerprint density at radius 1 is 1.30 bits per heavy atom. The van der Waals surface area contributed by atoms with Crippen LogP contribution < -0.4 is 10.1 Å². The summed E-state index contributed by atoms with van der Waals surface area (Å²) >= 11 is 0. The minimum atomic E-state index is -3.94. The number of nitrogens with one attached hydrogen (secondary N) is 1. The molecule has 0 aliphatic carbocycles. The highest BCUT2D eigenvalue weighted by Gasteiger charge is 2.37. The smallest absolute Gasteiger partial charge is 0.341 e. The van der Waals surface area contributed by atoms with E-state index in [0.717, 1.165) is 11.8 Å². The van der Waals surface area contributed by atoms with Gasteiger partial charge < -0.3 is 19.2 Å². The van der Waals surface area contributed by atoms with Crippen molar-refractivity contribution < 1.29 is 27.1 Å². The number of piperazine rings is 1. The minimum Gasteiger partial charge on any atom is -0.496 e. The van der Waals surface area contributed by atoms with Crippen LogP contribution in [0.25, 0.3) is 0 Å². The molecule has 1 aromatic carbocycles. The van der Waals surface area contributed by atoms with Crippen LogP contribution in [0.2, 0.25) is 0 Å². The fourth-order valence-corrected chi connectivity index (χ4v) is 4.50. The van der Waals surface area contributed by atoms with Crippen LogP contribution in [-0.4, -0.2) is 52.5 Å². The number of sulfonamides is 1. The van der Waals surface area contributed by atoms with Gasteiger partial charge in [-0.25, -0.2) is 13.2 Å². The molecule has 1 unspecified atom stereocenters. The van der Waals surface area contributed by atoms with E-state index in [0.29, 0.717) is 18.8 Å². The number of nitrogens with zero attached hydrogens (tertiary/aromatic N) is 1. The van der Waals surface area contributed by atoms with Crippen LogP contribution in [0.5, 0.6) is 5.75 Å². The lowest BCUT2D eigenvalue weighted by atomic mass is 10.0. The van der Waals surface area contributed by atoms with Crippen molar-refractivity contribution in [2.45, 2.75) is 11.1 Å². The standard InChI is InChI=1S/C17H20N2O6S.ClH/c1-23-15-6-4-3-5-13(15)14-10-18-7-8-19(14)26(21,22)16-9-12(11-25-16)17(20)24-2;/h3-6,9,11,14,18H,7-8,10H2,1-2H3;1H. The highest BCUT2D eigenvalue weighted by molar-refractivity contribution is 7.89. The molecule has 1 saturated heterocycles. The fourth-order valence-electron chi connectivity index (χ4n) is 2.97. The summed E-state index contributed by atoms with van der Waals surface area (Å²) in [6.45, 7) is 1.21. The molecule has 1 aliphatic heterocycles. The largest absolute Gasteiger partial charge is 0.496 e. The number of furan rings is 1. The maximum absolute atomic E-state index is 13.1. The molecule has 8 nitrogen and oxygen atoms in total. The SMILES string of the molecule is COC(=O)c1coc(S(=O)(=O)N2CCNCC2c2ccccc2OC)c1.Cl. The second-order valence-corrected chi connectivity index (χ2v) is 7.55. The highest BCUT2D eigenvalue weighted by Crippen LogP contribution is 2.34. The third-order valence-corrected chi connectivity index (χ3v) is 6.03. The van der Waals surface area contributed by atoms with Gasteiger partial charge in [0.1, 0.15) is 12.0 Å². The summed E-state index contributed by atoms with van der Waals surface area (Å²) in [4.78, 5) is 11.6. The van der Waals surface area contributed by atoms with Crippen LogP contribution in [-0.2, 0) is 14.8 Å². The van der Waals surface area contributed by atoms with Crippen molar-refractivity contribution in [1.29, 1.82) is 0 Å². The van der Waals surface area contributed by atoms with Gasteiger partial charge in [-0.15, -0.1) is 12.4 Å². The molecule has 148 valence electrons. The molecule has 1 aromatic heterocycles. The van der Waals surface area contributed by atoms with Crippen LogP contribution in [0, 0.1) is 0 Å². The number of esters is 1. The van der Waals surface area contributed by atoms with Crippen molar-refractivity contribution >= 4 is 28.4 Å². The number of hydrogen-bond acceptors (Lipinski definition) is 7. The van der Waals surface area contributed by atoms with Gasteiger partial charge >= 0.3 is 5.97 Å². The summed E-state index contributed by atoms with van der Waals surface area (Å²) < 4.78 is 42.7. The van der Waals surface area contributed by atoms with Gasteiger partial charge in [-0.05, 0) is 6.07 Å². The lowest BCUT2D eigenvalue weighted by Gasteiger charge is -2.35. The number of methoxy groups -OCH3 is 2. The van der Waals surface area contributed by atoms with Gasteiger partial charge in [-0.2, -0.15) is 4.31 Å². The molecule has 0 amide bonds. The normalized spacial score (nSPS) is 17.8. The van der Waals surface area contributed by atoms with E-state index in [1.807, 2.05) is 18.2 Å². The van der Waals surface area contributed by atoms with Crippen molar-refractivity contribution in [3.05, 3.63) is 47.7 Å². The maximum atomic E-state index is 13.1. The van der Waals surface area contributed by atoms with Crippen LogP contribution in [0.1, 0.15) is 22.0 Å². The van der Waals surface area contributed by atoms with Gasteiger partial charge in [0.25, 0.3) is 10.0 Å². The van der Waals surface area contributed by atoms with Gasteiger partial charge in [-0.1, -0.05) is 18.2 Å². The van der Waals surface area contributed by atoms with Crippen molar-refractivity contribution in [2.24, 2.45) is 0 Å². The second kappa shape index (κ2) is 8.75. The van der Waals surface area contributed by atoms with E-state index < -0.39 is 22.0 Å². The van der Waals surface area contributed by atoms with E-state index in [9.17, 15) is 13.2 Å². The quantitative estimate of drug-likeness (QED) is 0.742. The number of hydrogen-bond donors (Lipinski definition) is 1. The van der Waals surface area contributed by atoms with Gasteiger partial charge in [0, 0.05) is 31.3 Å². The third-order valence-electron chi connectivity index (χ3n) is 4.25. The molecule has 1 fully saturated rings. The number of halogens is 1. The number of rotatable bonds is 5. The molecular weight excluding hydrogens is 396 g/mol. The summed E-state index contributed by atoms with van der Waals surface area (Å²) in [5.41, 5.74) is 0.806. The minimum absolute atomic E-state index is 0. The van der Waals surface area contributed by atoms with E-state index in [2.05, 4.69) is 10.1 Å². The molecule has 2 aromatic rings. The first-order valence-electron chi connectivity index (χ1n) is 8.01. The molecule has 10 heteroatoms.